The lowest BCUT2D eigenvalue weighted by Gasteiger charge is -2.37. The number of amides is 2. The van der Waals surface area contributed by atoms with Gasteiger partial charge in [0.2, 0.25) is 11.8 Å². The number of halogens is 1. The van der Waals surface area contributed by atoms with Gasteiger partial charge in [-0.2, -0.15) is 0 Å². The SMILES string of the molecule is C#C[C@@H](CC)[C@H](C(=C)NC(=O)C(C)(C)NI)C(=O)N(C)[C@H](C[C@@H](OC(C)=O)c1nc(C(=O)O)cs1)C(C)C. The van der Waals surface area contributed by atoms with Gasteiger partial charge in [-0.05, 0) is 26.2 Å². The second-order valence-corrected chi connectivity index (χ2v) is 11.3. The van der Waals surface area contributed by atoms with E-state index in [2.05, 4.69) is 26.3 Å². The minimum Gasteiger partial charge on any atom is -0.476 e. The topological polar surface area (TPSA) is 138 Å². The van der Waals surface area contributed by atoms with E-state index in [-0.39, 0.29) is 35.5 Å². The lowest BCUT2D eigenvalue weighted by Crippen LogP contribution is -2.52. The number of nitrogens with zero attached hydrogens (tertiary/aromatic N) is 2. The fraction of sp³-hybridized carbons (Fsp3) is 0.577. The average molecular weight is 661 g/mol. The van der Waals surface area contributed by atoms with Crippen molar-refractivity contribution in [2.24, 2.45) is 17.8 Å². The van der Waals surface area contributed by atoms with Crippen LogP contribution in [0.25, 0.3) is 0 Å². The maximum absolute atomic E-state index is 13.9. The Morgan fingerprint density at radius 1 is 1.34 bits per heavy atom. The van der Waals surface area contributed by atoms with Crippen molar-refractivity contribution in [3.05, 3.63) is 28.4 Å². The van der Waals surface area contributed by atoms with E-state index in [0.29, 0.717) is 11.4 Å². The number of carbonyl (C=O) groups excluding carboxylic acids is 3. The van der Waals surface area contributed by atoms with Gasteiger partial charge in [0.25, 0.3) is 0 Å². The second-order valence-electron chi connectivity index (χ2n) is 9.83. The van der Waals surface area contributed by atoms with Crippen LogP contribution in [0.1, 0.15) is 76.0 Å². The molecule has 0 unspecified atom stereocenters. The largest absolute Gasteiger partial charge is 0.476 e. The van der Waals surface area contributed by atoms with Crippen LogP contribution in [-0.4, -0.2) is 57.4 Å². The molecule has 0 aliphatic heterocycles. The molecule has 4 atom stereocenters. The Balaban J connectivity index is 3.36. The number of esters is 1. The highest BCUT2D eigenvalue weighted by Gasteiger charge is 2.38. The number of aromatic nitrogens is 1. The first kappa shape index (κ1) is 33.5. The number of terminal acetylenes is 1. The molecule has 0 saturated heterocycles. The maximum atomic E-state index is 13.9. The first-order valence-corrected chi connectivity index (χ1v) is 14.0. The van der Waals surface area contributed by atoms with E-state index < -0.39 is 41.5 Å². The van der Waals surface area contributed by atoms with E-state index >= 15 is 0 Å². The molecule has 3 N–H and O–H groups in total. The van der Waals surface area contributed by atoms with Crippen LogP contribution in [0, 0.1) is 30.1 Å². The van der Waals surface area contributed by atoms with E-state index in [0.717, 1.165) is 11.3 Å². The number of carboxylic acid groups (broad SMARTS) is 1. The molecule has 1 heterocycles. The first-order valence-electron chi connectivity index (χ1n) is 12.1. The molecule has 0 radical (unpaired) electrons. The lowest BCUT2D eigenvalue weighted by molar-refractivity contribution is -0.148. The molecule has 0 spiro atoms. The predicted octanol–water partition coefficient (Wildman–Crippen LogP) is 3.94. The highest BCUT2D eigenvalue weighted by atomic mass is 127. The summed E-state index contributed by atoms with van der Waals surface area (Å²) >= 11 is 2.95. The third-order valence-corrected chi connectivity index (χ3v) is 8.46. The minimum atomic E-state index is -1.19. The minimum absolute atomic E-state index is 0.0857. The van der Waals surface area contributed by atoms with Crippen LogP contribution < -0.4 is 8.85 Å². The van der Waals surface area contributed by atoms with Gasteiger partial charge in [-0.15, -0.1) is 23.7 Å². The summed E-state index contributed by atoms with van der Waals surface area (Å²) in [6.07, 6.45) is 5.57. The number of ether oxygens (including phenoxy) is 1. The van der Waals surface area contributed by atoms with E-state index in [9.17, 15) is 24.3 Å². The molecule has 2 amide bonds. The number of hydrogen-bond acceptors (Lipinski definition) is 8. The number of carboxylic acids is 1. The van der Waals surface area contributed by atoms with Gasteiger partial charge < -0.3 is 20.1 Å². The van der Waals surface area contributed by atoms with Crippen molar-refractivity contribution in [1.82, 2.24) is 18.7 Å². The van der Waals surface area contributed by atoms with Crippen molar-refractivity contribution in [2.45, 2.75) is 72.1 Å². The summed E-state index contributed by atoms with van der Waals surface area (Å²) in [6, 6.07) is -0.447. The van der Waals surface area contributed by atoms with Crippen LogP contribution in [0.15, 0.2) is 17.7 Å². The average Bonchev–Trinajstić information content (AvgIpc) is 3.34. The van der Waals surface area contributed by atoms with Crippen LogP contribution in [0.2, 0.25) is 0 Å². The Labute approximate surface area is 242 Å². The molecule has 210 valence electrons. The quantitative estimate of drug-likeness (QED) is 0.118. The number of thiazole rings is 1. The Hall–Kier alpha value is -2.50. The van der Waals surface area contributed by atoms with Gasteiger partial charge in [0.05, 0.1) is 5.92 Å². The van der Waals surface area contributed by atoms with E-state index in [4.69, 9.17) is 11.2 Å². The molecule has 0 aliphatic rings. The number of hydrogen-bond donors (Lipinski definition) is 3. The molecule has 38 heavy (non-hydrogen) atoms. The van der Waals surface area contributed by atoms with Gasteiger partial charge >= 0.3 is 11.9 Å². The number of rotatable bonds is 14. The number of aromatic carboxylic acids is 1. The summed E-state index contributed by atoms with van der Waals surface area (Å²) in [5.74, 6) is -1.30. The van der Waals surface area contributed by atoms with E-state index in [1.54, 1.807) is 20.9 Å². The Bertz CT molecular complexity index is 1080. The van der Waals surface area contributed by atoms with Crippen molar-refractivity contribution in [3.8, 4) is 12.3 Å². The Morgan fingerprint density at radius 2 is 1.95 bits per heavy atom. The van der Waals surface area contributed by atoms with Gasteiger partial charge in [0, 0.05) is 66.3 Å². The van der Waals surface area contributed by atoms with Crippen molar-refractivity contribution in [3.63, 3.8) is 0 Å². The monoisotopic (exact) mass is 660 g/mol. The Kier molecular flexibility index (Phi) is 12.9. The van der Waals surface area contributed by atoms with Gasteiger partial charge in [-0.25, -0.2) is 13.3 Å². The normalized spacial score (nSPS) is 14.5. The zero-order chi connectivity index (χ0) is 29.4. The summed E-state index contributed by atoms with van der Waals surface area (Å²) in [6.45, 7) is 14.3. The maximum Gasteiger partial charge on any atom is 0.355 e. The predicted molar refractivity (Wildman–Crippen MR) is 154 cm³/mol. The van der Waals surface area contributed by atoms with Gasteiger partial charge in [0.15, 0.2) is 11.8 Å². The molecule has 1 aromatic heterocycles. The number of nitrogens with one attached hydrogen (secondary N) is 2. The third-order valence-electron chi connectivity index (χ3n) is 6.17. The standard InChI is InChI=1S/C26H37IN4O6S/c1-10-17(11-2)21(15(5)28-25(36)26(7,8)30-27)23(33)31(9)19(14(3)4)12-20(37-16(6)32)22-29-18(13-38-22)24(34)35/h1,13-14,17,19-21,30H,5,11-12H2,2-4,6-9H3,(H,28,36)(H,34,35)/t17-,19+,20+,21-/m0/s1. The molecule has 0 bridgehead atoms. The van der Waals surface area contributed by atoms with Crippen molar-refractivity contribution < 1.29 is 29.0 Å². The third kappa shape index (κ3) is 8.78. The molecular weight excluding hydrogens is 623 g/mol. The van der Waals surface area contributed by atoms with Crippen molar-refractivity contribution in [1.29, 1.82) is 0 Å². The van der Waals surface area contributed by atoms with E-state index in [1.165, 1.54) is 17.2 Å². The summed E-state index contributed by atoms with van der Waals surface area (Å²) < 4.78 is 8.39. The summed E-state index contributed by atoms with van der Waals surface area (Å²) in [7, 11) is 1.63. The lowest BCUT2D eigenvalue weighted by atomic mass is 9.85. The van der Waals surface area contributed by atoms with Crippen LogP contribution in [0.3, 0.4) is 0 Å². The molecular formula is C26H37IN4O6S. The highest BCUT2D eigenvalue weighted by molar-refractivity contribution is 14.1. The molecule has 1 aromatic rings. The molecule has 0 fully saturated rings. The molecule has 0 saturated carbocycles. The molecule has 12 heteroatoms. The fourth-order valence-electron chi connectivity index (χ4n) is 3.85. The summed E-state index contributed by atoms with van der Waals surface area (Å²) in [5, 5.41) is 13.7. The number of carbonyl (C=O) groups is 4. The molecule has 0 aromatic carbocycles. The first-order chi connectivity index (χ1) is 17.6. The molecule has 1 rings (SSSR count). The van der Waals surface area contributed by atoms with Gasteiger partial charge in [0.1, 0.15) is 10.5 Å². The second kappa shape index (κ2) is 14.6. The van der Waals surface area contributed by atoms with Gasteiger partial charge in [-0.1, -0.05) is 27.4 Å². The van der Waals surface area contributed by atoms with Crippen LogP contribution in [0.4, 0.5) is 0 Å². The van der Waals surface area contributed by atoms with Crippen LogP contribution in [0.5, 0.6) is 0 Å². The summed E-state index contributed by atoms with van der Waals surface area (Å²) in [4.78, 5) is 55.6. The van der Waals surface area contributed by atoms with Crippen molar-refractivity contribution in [2.75, 3.05) is 7.05 Å². The van der Waals surface area contributed by atoms with Gasteiger partial charge in [-0.3, -0.25) is 14.4 Å². The zero-order valence-electron chi connectivity index (χ0n) is 22.8. The van der Waals surface area contributed by atoms with E-state index in [1.807, 2.05) is 43.6 Å². The summed E-state index contributed by atoms with van der Waals surface area (Å²) in [5.41, 5.74) is -0.869. The zero-order valence-corrected chi connectivity index (χ0v) is 25.8. The van der Waals surface area contributed by atoms with Crippen LogP contribution >= 0.6 is 34.2 Å². The van der Waals surface area contributed by atoms with Crippen molar-refractivity contribution >= 4 is 58.0 Å². The fourth-order valence-corrected chi connectivity index (χ4v) is 4.93. The smallest absolute Gasteiger partial charge is 0.355 e. The van der Waals surface area contributed by atoms with Crippen LogP contribution in [-0.2, 0) is 19.1 Å². The Morgan fingerprint density at radius 3 is 2.37 bits per heavy atom. The molecule has 0 aliphatic carbocycles. The highest BCUT2D eigenvalue weighted by Crippen LogP contribution is 2.32. The molecule has 10 nitrogen and oxygen atoms in total.